The molecule has 1 fully saturated rings. The first kappa shape index (κ1) is 15.8. The maximum Gasteiger partial charge on any atom is 0.0328 e. The summed E-state index contributed by atoms with van der Waals surface area (Å²) < 4.78 is 1.08. The Morgan fingerprint density at radius 1 is 1.20 bits per heavy atom. The number of likely N-dealkylation sites (tertiary alicyclic amines) is 1. The van der Waals surface area contributed by atoms with Crippen LogP contribution in [0.3, 0.4) is 0 Å². The van der Waals surface area contributed by atoms with Gasteiger partial charge in [-0.1, -0.05) is 36.7 Å². The third kappa shape index (κ3) is 4.49. The number of hydrogen-bond donors (Lipinski definition) is 1. The van der Waals surface area contributed by atoms with E-state index in [9.17, 15) is 0 Å². The van der Waals surface area contributed by atoms with Crippen LogP contribution in [0.15, 0.2) is 22.7 Å². The zero-order valence-corrected chi connectivity index (χ0v) is 14.5. The minimum atomic E-state index is 0.441. The lowest BCUT2D eigenvalue weighted by Gasteiger charge is -2.29. The predicted octanol–water partition coefficient (Wildman–Crippen LogP) is 4.68. The normalized spacial score (nSPS) is 21.7. The Balaban J connectivity index is 1.97. The number of nitrogens with zero attached hydrogens (tertiary/aromatic N) is 1. The first-order chi connectivity index (χ1) is 9.34. The van der Waals surface area contributed by atoms with Crippen LogP contribution in [-0.4, -0.2) is 18.0 Å². The van der Waals surface area contributed by atoms with E-state index in [1.54, 1.807) is 0 Å². The SMILES string of the molecule is CC(C)(C)C1CCCN(Cc2cc(N)cc(Br)c2)CC1. The summed E-state index contributed by atoms with van der Waals surface area (Å²) >= 11 is 3.53. The fourth-order valence-electron chi connectivity index (χ4n) is 3.20. The van der Waals surface area contributed by atoms with E-state index < -0.39 is 0 Å². The van der Waals surface area contributed by atoms with Gasteiger partial charge in [-0.2, -0.15) is 0 Å². The first-order valence-corrected chi connectivity index (χ1v) is 8.41. The Hall–Kier alpha value is -0.540. The minimum Gasteiger partial charge on any atom is -0.399 e. The average Bonchev–Trinajstić information content (AvgIpc) is 2.52. The number of nitrogen functional groups attached to an aromatic ring is 1. The highest BCUT2D eigenvalue weighted by Crippen LogP contribution is 2.34. The van der Waals surface area contributed by atoms with E-state index in [0.717, 1.165) is 22.6 Å². The van der Waals surface area contributed by atoms with Crippen molar-refractivity contribution in [2.45, 2.75) is 46.6 Å². The molecule has 20 heavy (non-hydrogen) atoms. The van der Waals surface area contributed by atoms with Crippen molar-refractivity contribution in [2.24, 2.45) is 11.3 Å². The topological polar surface area (TPSA) is 29.3 Å². The summed E-state index contributed by atoms with van der Waals surface area (Å²) in [5.74, 6) is 0.847. The molecule has 0 bridgehead atoms. The predicted molar refractivity (Wildman–Crippen MR) is 90.6 cm³/mol. The lowest BCUT2D eigenvalue weighted by atomic mass is 9.77. The summed E-state index contributed by atoms with van der Waals surface area (Å²) in [7, 11) is 0. The van der Waals surface area contributed by atoms with Gasteiger partial charge in [-0.15, -0.1) is 0 Å². The van der Waals surface area contributed by atoms with Crippen molar-refractivity contribution in [1.82, 2.24) is 4.90 Å². The molecule has 2 N–H and O–H groups in total. The van der Waals surface area contributed by atoms with Crippen molar-refractivity contribution in [1.29, 1.82) is 0 Å². The third-order valence-electron chi connectivity index (χ3n) is 4.43. The summed E-state index contributed by atoms with van der Waals surface area (Å²) in [4.78, 5) is 2.58. The van der Waals surface area contributed by atoms with Crippen LogP contribution in [-0.2, 0) is 6.54 Å². The Labute approximate surface area is 131 Å². The van der Waals surface area contributed by atoms with E-state index in [1.807, 2.05) is 6.07 Å². The molecule has 0 aromatic heterocycles. The molecule has 1 saturated heterocycles. The summed E-state index contributed by atoms with van der Waals surface area (Å²) in [5, 5.41) is 0. The molecule has 3 heteroatoms. The largest absolute Gasteiger partial charge is 0.399 e. The molecule has 0 radical (unpaired) electrons. The van der Waals surface area contributed by atoms with E-state index in [4.69, 9.17) is 5.73 Å². The van der Waals surface area contributed by atoms with E-state index in [0.29, 0.717) is 5.41 Å². The average molecular weight is 339 g/mol. The van der Waals surface area contributed by atoms with Crippen molar-refractivity contribution in [3.05, 3.63) is 28.2 Å². The van der Waals surface area contributed by atoms with Gasteiger partial charge in [-0.25, -0.2) is 0 Å². The monoisotopic (exact) mass is 338 g/mol. The van der Waals surface area contributed by atoms with Gasteiger partial charge in [0.15, 0.2) is 0 Å². The Morgan fingerprint density at radius 2 is 1.95 bits per heavy atom. The summed E-state index contributed by atoms with van der Waals surface area (Å²) in [6.07, 6.45) is 3.99. The smallest absolute Gasteiger partial charge is 0.0328 e. The standard InChI is InChI=1S/C17H27BrN2/c1-17(2,3)14-5-4-7-20(8-6-14)12-13-9-15(18)11-16(19)10-13/h9-11,14H,4-8,12,19H2,1-3H3. The molecule has 2 nitrogen and oxygen atoms in total. The van der Waals surface area contributed by atoms with E-state index in [-0.39, 0.29) is 0 Å². The highest BCUT2D eigenvalue weighted by molar-refractivity contribution is 9.10. The molecular weight excluding hydrogens is 312 g/mol. The van der Waals surface area contributed by atoms with Crippen LogP contribution in [0.1, 0.15) is 45.6 Å². The van der Waals surface area contributed by atoms with E-state index in [2.05, 4.69) is 53.7 Å². The summed E-state index contributed by atoms with van der Waals surface area (Å²) in [5.41, 5.74) is 8.52. The highest BCUT2D eigenvalue weighted by Gasteiger charge is 2.26. The van der Waals surface area contributed by atoms with Gasteiger partial charge in [0, 0.05) is 16.7 Å². The summed E-state index contributed by atoms with van der Waals surface area (Å²) in [6.45, 7) is 10.6. The third-order valence-corrected chi connectivity index (χ3v) is 4.89. The van der Waals surface area contributed by atoms with Crippen LogP contribution in [0.4, 0.5) is 5.69 Å². The second kappa shape index (κ2) is 6.48. The number of rotatable bonds is 2. The van der Waals surface area contributed by atoms with Gasteiger partial charge in [-0.05, 0) is 67.4 Å². The van der Waals surface area contributed by atoms with Crippen molar-refractivity contribution in [2.75, 3.05) is 18.8 Å². The number of hydrogen-bond acceptors (Lipinski definition) is 2. The van der Waals surface area contributed by atoms with Crippen LogP contribution < -0.4 is 5.73 Å². The number of benzene rings is 1. The zero-order chi connectivity index (χ0) is 14.8. The van der Waals surface area contributed by atoms with Gasteiger partial charge in [-0.3, -0.25) is 4.90 Å². The number of nitrogens with two attached hydrogens (primary N) is 1. The van der Waals surface area contributed by atoms with E-state index >= 15 is 0 Å². The van der Waals surface area contributed by atoms with Gasteiger partial charge in [0.1, 0.15) is 0 Å². The van der Waals surface area contributed by atoms with Crippen LogP contribution in [0.25, 0.3) is 0 Å². The van der Waals surface area contributed by atoms with Gasteiger partial charge in [0.05, 0.1) is 0 Å². The zero-order valence-electron chi connectivity index (χ0n) is 13.0. The Morgan fingerprint density at radius 3 is 2.60 bits per heavy atom. The van der Waals surface area contributed by atoms with Gasteiger partial charge in [0.25, 0.3) is 0 Å². The Kier molecular flexibility index (Phi) is 5.14. The van der Waals surface area contributed by atoms with E-state index in [1.165, 1.54) is 37.9 Å². The second-order valence-corrected chi connectivity index (χ2v) is 8.08. The number of halogens is 1. The Bertz CT molecular complexity index is 431. The van der Waals surface area contributed by atoms with Crippen molar-refractivity contribution >= 4 is 21.6 Å². The molecule has 2 rings (SSSR count). The molecule has 0 spiro atoms. The summed E-state index contributed by atoms with van der Waals surface area (Å²) in [6, 6.07) is 6.24. The van der Waals surface area contributed by atoms with Crippen LogP contribution >= 0.6 is 15.9 Å². The van der Waals surface area contributed by atoms with Crippen LogP contribution in [0.2, 0.25) is 0 Å². The minimum absolute atomic E-state index is 0.441. The lowest BCUT2D eigenvalue weighted by Crippen LogP contribution is -2.26. The molecule has 1 aliphatic rings. The molecule has 1 heterocycles. The molecule has 1 atom stereocenters. The van der Waals surface area contributed by atoms with Crippen molar-refractivity contribution < 1.29 is 0 Å². The van der Waals surface area contributed by atoms with Crippen molar-refractivity contribution in [3.63, 3.8) is 0 Å². The highest BCUT2D eigenvalue weighted by atomic mass is 79.9. The maximum atomic E-state index is 5.93. The molecule has 0 amide bonds. The van der Waals surface area contributed by atoms with Crippen LogP contribution in [0, 0.1) is 11.3 Å². The quantitative estimate of drug-likeness (QED) is 0.793. The van der Waals surface area contributed by atoms with Crippen molar-refractivity contribution in [3.8, 4) is 0 Å². The molecule has 1 aromatic rings. The van der Waals surface area contributed by atoms with Gasteiger partial charge >= 0.3 is 0 Å². The second-order valence-electron chi connectivity index (χ2n) is 7.16. The molecule has 1 aliphatic heterocycles. The van der Waals surface area contributed by atoms with Gasteiger partial charge < -0.3 is 5.73 Å². The fourth-order valence-corrected chi connectivity index (χ4v) is 3.76. The fraction of sp³-hybridized carbons (Fsp3) is 0.647. The molecular formula is C17H27BrN2. The first-order valence-electron chi connectivity index (χ1n) is 7.62. The van der Waals surface area contributed by atoms with Gasteiger partial charge in [0.2, 0.25) is 0 Å². The van der Waals surface area contributed by atoms with Crippen LogP contribution in [0.5, 0.6) is 0 Å². The molecule has 0 saturated carbocycles. The molecule has 1 aromatic carbocycles. The molecule has 0 aliphatic carbocycles. The maximum absolute atomic E-state index is 5.93. The molecule has 1 unspecified atom stereocenters. The number of anilines is 1. The lowest BCUT2D eigenvalue weighted by molar-refractivity contribution is 0.206. The molecule has 112 valence electrons.